The highest BCUT2D eigenvalue weighted by molar-refractivity contribution is 9.10. The molecule has 0 fully saturated rings. The maximum absolute atomic E-state index is 4.26. The summed E-state index contributed by atoms with van der Waals surface area (Å²) in [6.07, 6.45) is 1.81. The third kappa shape index (κ3) is 1.07. The summed E-state index contributed by atoms with van der Waals surface area (Å²) < 4.78 is 1.01. The van der Waals surface area contributed by atoms with E-state index in [-0.39, 0.29) is 0 Å². The van der Waals surface area contributed by atoms with Crippen molar-refractivity contribution in [3.05, 3.63) is 16.7 Å². The molecule has 58 valence electrons. The minimum Gasteiger partial charge on any atom is -0.365 e. The van der Waals surface area contributed by atoms with Gasteiger partial charge in [-0.1, -0.05) is 0 Å². The lowest BCUT2D eigenvalue weighted by molar-refractivity contribution is 1.01. The van der Waals surface area contributed by atoms with Gasteiger partial charge in [-0.2, -0.15) is 0 Å². The van der Waals surface area contributed by atoms with E-state index in [1.165, 1.54) is 0 Å². The SMILES string of the molecule is CN1CNc2cc(Br)cnc21. The molecule has 1 aromatic rings. The second kappa shape index (κ2) is 2.37. The summed E-state index contributed by atoms with van der Waals surface area (Å²) in [6, 6.07) is 2.03. The molecule has 0 spiro atoms. The predicted molar refractivity (Wildman–Crippen MR) is 48.8 cm³/mol. The van der Waals surface area contributed by atoms with Crippen molar-refractivity contribution in [1.29, 1.82) is 0 Å². The van der Waals surface area contributed by atoms with Gasteiger partial charge in [-0.3, -0.25) is 0 Å². The number of hydrogen-bond acceptors (Lipinski definition) is 3. The Balaban J connectivity index is 2.50. The minimum atomic E-state index is 0.846. The van der Waals surface area contributed by atoms with Crippen LogP contribution < -0.4 is 10.2 Å². The number of fused-ring (bicyclic) bond motifs is 1. The molecule has 1 aromatic heterocycles. The van der Waals surface area contributed by atoms with Crippen LogP contribution in [0.1, 0.15) is 0 Å². The molecule has 2 rings (SSSR count). The first kappa shape index (κ1) is 6.91. The lowest BCUT2D eigenvalue weighted by Gasteiger charge is -2.07. The topological polar surface area (TPSA) is 28.2 Å². The fraction of sp³-hybridized carbons (Fsp3) is 0.286. The average Bonchev–Trinajstić information content (AvgIpc) is 2.32. The Hall–Kier alpha value is -0.770. The van der Waals surface area contributed by atoms with Gasteiger partial charge < -0.3 is 10.2 Å². The van der Waals surface area contributed by atoms with E-state index >= 15 is 0 Å². The Morgan fingerprint density at radius 1 is 1.73 bits per heavy atom. The van der Waals surface area contributed by atoms with Crippen molar-refractivity contribution in [2.75, 3.05) is 23.9 Å². The summed E-state index contributed by atoms with van der Waals surface area (Å²) in [7, 11) is 2.01. The maximum Gasteiger partial charge on any atom is 0.153 e. The Labute approximate surface area is 73.6 Å². The summed E-state index contributed by atoms with van der Waals surface area (Å²) in [6.45, 7) is 0.846. The van der Waals surface area contributed by atoms with Gasteiger partial charge in [-0.25, -0.2) is 4.98 Å². The standard InChI is InChI=1S/C7H8BrN3/c1-11-4-10-6-2-5(8)3-9-7(6)11/h2-3,10H,4H2,1H3. The third-order valence-corrected chi connectivity index (χ3v) is 2.14. The molecule has 0 saturated heterocycles. The molecule has 11 heavy (non-hydrogen) atoms. The highest BCUT2D eigenvalue weighted by Crippen LogP contribution is 2.29. The molecule has 2 heterocycles. The van der Waals surface area contributed by atoms with Gasteiger partial charge in [0.2, 0.25) is 0 Å². The summed E-state index contributed by atoms with van der Waals surface area (Å²) in [5.74, 6) is 1.02. The van der Waals surface area contributed by atoms with E-state index in [0.717, 1.165) is 22.6 Å². The van der Waals surface area contributed by atoms with Crippen LogP contribution in [0.3, 0.4) is 0 Å². The van der Waals surface area contributed by atoms with Crippen molar-refractivity contribution in [2.24, 2.45) is 0 Å². The first-order valence-electron chi connectivity index (χ1n) is 3.38. The first-order chi connectivity index (χ1) is 5.27. The Morgan fingerprint density at radius 2 is 2.55 bits per heavy atom. The van der Waals surface area contributed by atoms with Crippen molar-refractivity contribution in [3.8, 4) is 0 Å². The second-order valence-electron chi connectivity index (χ2n) is 2.56. The summed E-state index contributed by atoms with van der Waals surface area (Å²) in [5, 5.41) is 3.22. The summed E-state index contributed by atoms with van der Waals surface area (Å²) >= 11 is 3.36. The van der Waals surface area contributed by atoms with E-state index in [9.17, 15) is 0 Å². The Bertz CT molecular complexity index is 287. The number of pyridine rings is 1. The van der Waals surface area contributed by atoms with Crippen LogP contribution in [0.15, 0.2) is 16.7 Å². The molecule has 1 aliphatic rings. The second-order valence-corrected chi connectivity index (χ2v) is 3.47. The fourth-order valence-corrected chi connectivity index (χ4v) is 1.48. The number of anilines is 2. The molecule has 0 radical (unpaired) electrons. The van der Waals surface area contributed by atoms with E-state index in [1.807, 2.05) is 19.3 Å². The molecule has 4 heteroatoms. The van der Waals surface area contributed by atoms with Gasteiger partial charge in [0.1, 0.15) is 0 Å². The van der Waals surface area contributed by atoms with Gasteiger partial charge in [0, 0.05) is 17.7 Å². The lowest BCUT2D eigenvalue weighted by Crippen LogP contribution is -2.16. The molecule has 0 aliphatic carbocycles. The number of rotatable bonds is 0. The Kier molecular flexibility index (Phi) is 1.49. The predicted octanol–water partition coefficient (Wildman–Crippen LogP) is 1.66. The fourth-order valence-electron chi connectivity index (χ4n) is 1.14. The smallest absolute Gasteiger partial charge is 0.153 e. The number of nitrogens with zero attached hydrogens (tertiary/aromatic N) is 2. The van der Waals surface area contributed by atoms with Crippen molar-refractivity contribution in [3.63, 3.8) is 0 Å². The van der Waals surface area contributed by atoms with Crippen LogP contribution >= 0.6 is 15.9 Å². The maximum atomic E-state index is 4.26. The zero-order chi connectivity index (χ0) is 7.84. The van der Waals surface area contributed by atoms with E-state index in [2.05, 4.69) is 31.1 Å². The largest absolute Gasteiger partial charge is 0.365 e. The highest BCUT2D eigenvalue weighted by Gasteiger charge is 2.15. The highest BCUT2D eigenvalue weighted by atomic mass is 79.9. The van der Waals surface area contributed by atoms with Crippen molar-refractivity contribution >= 4 is 27.4 Å². The molecular weight excluding hydrogens is 206 g/mol. The van der Waals surface area contributed by atoms with Gasteiger partial charge in [0.25, 0.3) is 0 Å². The molecular formula is C7H8BrN3. The van der Waals surface area contributed by atoms with Crippen molar-refractivity contribution < 1.29 is 0 Å². The summed E-state index contributed by atoms with van der Waals surface area (Å²) in [5.41, 5.74) is 1.10. The first-order valence-corrected chi connectivity index (χ1v) is 4.17. The van der Waals surface area contributed by atoms with Crippen LogP contribution in [0.4, 0.5) is 11.5 Å². The Morgan fingerprint density at radius 3 is 3.36 bits per heavy atom. The zero-order valence-electron chi connectivity index (χ0n) is 6.13. The van der Waals surface area contributed by atoms with Gasteiger partial charge in [-0.15, -0.1) is 0 Å². The molecule has 3 nitrogen and oxygen atoms in total. The van der Waals surface area contributed by atoms with Crippen LogP contribution in [-0.2, 0) is 0 Å². The van der Waals surface area contributed by atoms with Gasteiger partial charge in [0.05, 0.1) is 12.4 Å². The van der Waals surface area contributed by atoms with Gasteiger partial charge in [0.15, 0.2) is 5.82 Å². The quantitative estimate of drug-likeness (QED) is 0.711. The van der Waals surface area contributed by atoms with E-state index in [4.69, 9.17) is 0 Å². The molecule has 1 aliphatic heterocycles. The van der Waals surface area contributed by atoms with E-state index in [0.29, 0.717) is 0 Å². The minimum absolute atomic E-state index is 0.846. The lowest BCUT2D eigenvalue weighted by atomic mass is 10.4. The molecule has 0 bridgehead atoms. The molecule has 0 saturated carbocycles. The molecule has 0 atom stereocenters. The van der Waals surface area contributed by atoms with Crippen LogP contribution in [0.5, 0.6) is 0 Å². The average molecular weight is 214 g/mol. The zero-order valence-corrected chi connectivity index (χ0v) is 7.72. The van der Waals surface area contributed by atoms with Crippen LogP contribution in [-0.4, -0.2) is 18.7 Å². The van der Waals surface area contributed by atoms with Crippen LogP contribution in [0, 0.1) is 0 Å². The molecule has 0 unspecified atom stereocenters. The van der Waals surface area contributed by atoms with Gasteiger partial charge >= 0.3 is 0 Å². The number of nitrogens with one attached hydrogen (secondary N) is 1. The third-order valence-electron chi connectivity index (χ3n) is 1.70. The molecule has 0 amide bonds. The number of aromatic nitrogens is 1. The monoisotopic (exact) mass is 213 g/mol. The summed E-state index contributed by atoms with van der Waals surface area (Å²) in [4.78, 5) is 6.33. The van der Waals surface area contributed by atoms with Gasteiger partial charge in [-0.05, 0) is 22.0 Å². The van der Waals surface area contributed by atoms with Crippen LogP contribution in [0.25, 0.3) is 0 Å². The van der Waals surface area contributed by atoms with Crippen molar-refractivity contribution in [2.45, 2.75) is 0 Å². The normalized spacial score (nSPS) is 14.5. The number of halogens is 1. The molecule has 0 aromatic carbocycles. The van der Waals surface area contributed by atoms with Crippen LogP contribution in [0.2, 0.25) is 0 Å². The van der Waals surface area contributed by atoms with E-state index < -0.39 is 0 Å². The van der Waals surface area contributed by atoms with E-state index in [1.54, 1.807) is 0 Å². The number of hydrogen-bond donors (Lipinski definition) is 1. The molecule has 1 N–H and O–H groups in total. The van der Waals surface area contributed by atoms with Crippen molar-refractivity contribution in [1.82, 2.24) is 4.98 Å².